The number of amides is 1. The Bertz CT molecular complexity index is 1420. The molecule has 7 nitrogen and oxygen atoms in total. The summed E-state index contributed by atoms with van der Waals surface area (Å²) in [4.78, 5) is 24.9. The van der Waals surface area contributed by atoms with Crippen LogP contribution in [0, 0.1) is 13.8 Å². The Hall–Kier alpha value is -3.53. The molecule has 1 fully saturated rings. The number of fused-ring (bicyclic) bond motifs is 2. The zero-order chi connectivity index (χ0) is 25.4. The molecule has 4 aromatic rings. The van der Waals surface area contributed by atoms with Crippen LogP contribution in [0.25, 0.3) is 16.6 Å². The molecule has 36 heavy (non-hydrogen) atoms. The largest absolute Gasteiger partial charge is 0.453 e. The number of alkyl halides is 3. The molecule has 10 heteroatoms. The van der Waals surface area contributed by atoms with Gasteiger partial charge in [0.1, 0.15) is 0 Å². The molecule has 1 aliphatic rings. The molecular weight excluding hydrogens is 469 g/mol. The van der Waals surface area contributed by atoms with Crippen molar-refractivity contribution in [3.63, 3.8) is 0 Å². The zero-order valence-electron chi connectivity index (χ0n) is 20.2. The second-order valence-corrected chi connectivity index (χ2v) is 9.20. The molecule has 188 valence electrons. The molecule has 2 aromatic carbocycles. The molecular formula is C26H27F3N6O. The summed E-state index contributed by atoms with van der Waals surface area (Å²) in [6.07, 6.45) is -3.99. The summed E-state index contributed by atoms with van der Waals surface area (Å²) in [7, 11) is 0. The molecule has 0 unspecified atom stereocenters. The maximum Gasteiger partial charge on any atom is 0.453 e. The predicted octanol–water partition coefficient (Wildman–Crippen LogP) is 4.19. The first-order valence-corrected chi connectivity index (χ1v) is 12.0. The van der Waals surface area contributed by atoms with E-state index in [2.05, 4.69) is 56.4 Å². The molecule has 1 amide bonds. The number of rotatable bonds is 5. The van der Waals surface area contributed by atoms with E-state index in [4.69, 9.17) is 0 Å². The number of benzene rings is 2. The maximum atomic E-state index is 13.0. The first-order chi connectivity index (χ1) is 17.2. The Morgan fingerprint density at radius 1 is 0.972 bits per heavy atom. The number of carbonyl (C=O) groups is 1. The molecule has 0 N–H and O–H groups in total. The van der Waals surface area contributed by atoms with Gasteiger partial charge < -0.3 is 4.90 Å². The highest BCUT2D eigenvalue weighted by atomic mass is 19.4. The minimum absolute atomic E-state index is 0.0354. The lowest BCUT2D eigenvalue weighted by Gasteiger charge is -2.35. The average Bonchev–Trinajstić information content (AvgIpc) is 3.29. The Morgan fingerprint density at radius 3 is 2.44 bits per heavy atom. The normalized spacial score (nSPS) is 15.2. The summed E-state index contributed by atoms with van der Waals surface area (Å²) in [6.45, 7) is 7.13. The predicted molar refractivity (Wildman–Crippen MR) is 129 cm³/mol. The summed E-state index contributed by atoms with van der Waals surface area (Å²) in [5.74, 6) is -1.27. The third-order valence-electron chi connectivity index (χ3n) is 6.89. The summed E-state index contributed by atoms with van der Waals surface area (Å²) in [6, 6.07) is 14.7. The first kappa shape index (κ1) is 24.2. The molecule has 1 aliphatic heterocycles. The molecule has 5 rings (SSSR count). The smallest absolute Gasteiger partial charge is 0.340 e. The van der Waals surface area contributed by atoms with Crippen molar-refractivity contribution in [2.45, 2.75) is 39.4 Å². The minimum atomic E-state index is -4.64. The van der Waals surface area contributed by atoms with Crippen molar-refractivity contribution < 1.29 is 18.0 Å². The van der Waals surface area contributed by atoms with Crippen molar-refractivity contribution in [1.82, 2.24) is 29.4 Å². The Labute approximate surface area is 206 Å². The molecule has 1 saturated heterocycles. The highest BCUT2D eigenvalue weighted by Crippen LogP contribution is 2.27. The highest BCUT2D eigenvalue weighted by molar-refractivity contribution is 5.85. The van der Waals surface area contributed by atoms with E-state index < -0.39 is 12.0 Å². The van der Waals surface area contributed by atoms with Crippen molar-refractivity contribution in [1.29, 1.82) is 0 Å². The van der Waals surface area contributed by atoms with Gasteiger partial charge in [-0.3, -0.25) is 9.69 Å². The van der Waals surface area contributed by atoms with Gasteiger partial charge >= 0.3 is 6.18 Å². The van der Waals surface area contributed by atoms with Crippen molar-refractivity contribution in [2.75, 3.05) is 26.2 Å². The number of hydrogen-bond acceptors (Lipinski definition) is 5. The lowest BCUT2D eigenvalue weighted by Crippen LogP contribution is -2.48. The van der Waals surface area contributed by atoms with E-state index in [-0.39, 0.29) is 18.1 Å². The highest BCUT2D eigenvalue weighted by Gasteiger charge is 2.37. The van der Waals surface area contributed by atoms with E-state index in [9.17, 15) is 18.0 Å². The molecule has 0 bridgehead atoms. The number of aromatic nitrogens is 4. The molecule has 0 spiro atoms. The fourth-order valence-corrected chi connectivity index (χ4v) is 4.91. The van der Waals surface area contributed by atoms with Crippen molar-refractivity contribution >= 4 is 22.5 Å². The van der Waals surface area contributed by atoms with Crippen LogP contribution in [-0.4, -0.2) is 61.5 Å². The first-order valence-electron chi connectivity index (χ1n) is 12.0. The van der Waals surface area contributed by atoms with Crippen LogP contribution in [0.3, 0.4) is 0 Å². The van der Waals surface area contributed by atoms with Gasteiger partial charge in [0.2, 0.25) is 5.91 Å². The third kappa shape index (κ3) is 4.77. The molecule has 3 heterocycles. The number of piperazine rings is 1. The molecule has 0 radical (unpaired) electrons. The molecule has 0 aliphatic carbocycles. The lowest BCUT2D eigenvalue weighted by molar-refractivity contribution is -0.144. The third-order valence-corrected chi connectivity index (χ3v) is 6.89. The van der Waals surface area contributed by atoms with Crippen LogP contribution in [-0.2, 0) is 23.9 Å². The fourth-order valence-electron chi connectivity index (χ4n) is 4.91. The lowest BCUT2D eigenvalue weighted by atomic mass is 10.0. The number of carbonyl (C=O) groups excluding carboxylic acids is 1. The summed E-state index contributed by atoms with van der Waals surface area (Å²) >= 11 is 0. The van der Waals surface area contributed by atoms with E-state index in [1.165, 1.54) is 16.3 Å². The average molecular weight is 497 g/mol. The Morgan fingerprint density at radius 2 is 1.69 bits per heavy atom. The molecule has 2 aromatic heterocycles. The number of aryl methyl sites for hydroxylation is 2. The van der Waals surface area contributed by atoms with Crippen molar-refractivity contribution in [2.24, 2.45) is 0 Å². The minimum Gasteiger partial charge on any atom is -0.340 e. The molecule has 0 atom stereocenters. The van der Waals surface area contributed by atoms with Crippen molar-refractivity contribution in [3.05, 3.63) is 70.8 Å². The van der Waals surface area contributed by atoms with Crippen LogP contribution in [0.4, 0.5) is 13.2 Å². The number of nitrogens with zero attached hydrogens (tertiary/aromatic N) is 6. The van der Waals surface area contributed by atoms with Crippen LogP contribution < -0.4 is 0 Å². The topological polar surface area (TPSA) is 66.6 Å². The fraction of sp³-hybridized carbons (Fsp3) is 0.385. The summed E-state index contributed by atoms with van der Waals surface area (Å²) < 4.78 is 40.2. The van der Waals surface area contributed by atoms with Crippen molar-refractivity contribution in [3.8, 4) is 0 Å². The van der Waals surface area contributed by atoms with Gasteiger partial charge in [0, 0.05) is 50.5 Å². The van der Waals surface area contributed by atoms with Gasteiger partial charge in [0.25, 0.3) is 11.6 Å². The zero-order valence-corrected chi connectivity index (χ0v) is 20.2. The van der Waals surface area contributed by atoms with E-state index in [0.717, 1.165) is 29.7 Å². The maximum absolute atomic E-state index is 13.0. The Balaban J connectivity index is 1.20. The van der Waals surface area contributed by atoms with Crippen LogP contribution >= 0.6 is 0 Å². The number of halogens is 3. The monoisotopic (exact) mass is 496 g/mol. The van der Waals surface area contributed by atoms with Crippen LogP contribution in [0.5, 0.6) is 0 Å². The van der Waals surface area contributed by atoms with Gasteiger partial charge in [-0.15, -0.1) is 5.10 Å². The number of hydrogen-bond donors (Lipinski definition) is 0. The van der Waals surface area contributed by atoms with Gasteiger partial charge in [0.05, 0.1) is 0 Å². The van der Waals surface area contributed by atoms with E-state index in [1.807, 2.05) is 11.0 Å². The van der Waals surface area contributed by atoms with Gasteiger partial charge in [-0.1, -0.05) is 42.5 Å². The standard InChI is InChI=1S/C26H27F3N6O/c1-17-21(18(2)35-25(30-17)31-24(32-35)26(27,28)29)10-11-23(36)34-14-12-33(13-15-34)16-20-8-5-7-19-6-3-4-9-22(19)20/h3-9H,10-16H2,1-2H3. The van der Waals surface area contributed by atoms with E-state index in [1.54, 1.807) is 13.8 Å². The SMILES string of the molecule is Cc1nc2nc(C(F)(F)F)nn2c(C)c1CCC(=O)N1CCN(Cc2cccc3ccccc23)CC1. The van der Waals surface area contributed by atoms with Gasteiger partial charge in [-0.2, -0.15) is 18.2 Å². The summed E-state index contributed by atoms with van der Waals surface area (Å²) in [5, 5.41) is 6.06. The second kappa shape index (κ2) is 9.50. The van der Waals surface area contributed by atoms with Gasteiger partial charge in [-0.25, -0.2) is 9.50 Å². The van der Waals surface area contributed by atoms with Crippen LogP contribution in [0.2, 0.25) is 0 Å². The van der Waals surface area contributed by atoms with E-state index >= 15 is 0 Å². The molecule has 0 saturated carbocycles. The van der Waals surface area contributed by atoms with E-state index in [0.29, 0.717) is 30.9 Å². The quantitative estimate of drug-likeness (QED) is 0.415. The van der Waals surface area contributed by atoms with Gasteiger partial charge in [-0.05, 0) is 42.2 Å². The van der Waals surface area contributed by atoms with Gasteiger partial charge in [0.15, 0.2) is 0 Å². The second-order valence-electron chi connectivity index (χ2n) is 9.20. The summed E-state index contributed by atoms with van der Waals surface area (Å²) in [5.41, 5.74) is 3.09. The van der Waals surface area contributed by atoms with Crippen LogP contribution in [0.15, 0.2) is 42.5 Å². The Kier molecular flexibility index (Phi) is 6.38. The van der Waals surface area contributed by atoms with Crippen LogP contribution in [0.1, 0.15) is 34.8 Å².